The SMILES string of the molecule is Cc1ccc(C(=O)[C@@H](C)OC(=O)CN(C)S(=O)(=O)c2ccc(F)cc2)cc1C. The highest BCUT2D eigenvalue weighted by Crippen LogP contribution is 2.16. The van der Waals surface area contributed by atoms with Crippen LogP contribution in [0.3, 0.4) is 0 Å². The van der Waals surface area contributed by atoms with Crippen molar-refractivity contribution in [2.75, 3.05) is 13.6 Å². The van der Waals surface area contributed by atoms with Gasteiger partial charge in [0, 0.05) is 12.6 Å². The third-order valence-corrected chi connectivity index (χ3v) is 6.16. The molecule has 0 N–H and O–H groups in total. The van der Waals surface area contributed by atoms with Crippen LogP contribution in [0.25, 0.3) is 0 Å². The maximum Gasteiger partial charge on any atom is 0.322 e. The van der Waals surface area contributed by atoms with Crippen LogP contribution >= 0.6 is 0 Å². The Kier molecular flexibility index (Phi) is 6.69. The summed E-state index contributed by atoms with van der Waals surface area (Å²) in [5, 5.41) is 0. The van der Waals surface area contributed by atoms with Gasteiger partial charge in [-0.3, -0.25) is 9.59 Å². The fraction of sp³-hybridized carbons (Fsp3) is 0.300. The van der Waals surface area contributed by atoms with E-state index in [2.05, 4.69) is 0 Å². The maximum atomic E-state index is 13.0. The highest BCUT2D eigenvalue weighted by Gasteiger charge is 2.26. The summed E-state index contributed by atoms with van der Waals surface area (Å²) in [4.78, 5) is 24.4. The summed E-state index contributed by atoms with van der Waals surface area (Å²) in [5.74, 6) is -1.81. The molecule has 0 aliphatic rings. The van der Waals surface area contributed by atoms with E-state index >= 15 is 0 Å². The van der Waals surface area contributed by atoms with Gasteiger partial charge in [-0.25, -0.2) is 12.8 Å². The fourth-order valence-corrected chi connectivity index (χ4v) is 3.59. The van der Waals surface area contributed by atoms with Crippen molar-refractivity contribution < 1.29 is 27.1 Å². The number of carbonyl (C=O) groups excluding carboxylic acids is 2. The molecule has 2 rings (SSSR count). The summed E-state index contributed by atoms with van der Waals surface area (Å²) in [7, 11) is -2.78. The molecule has 2 aromatic rings. The fourth-order valence-electron chi connectivity index (χ4n) is 2.47. The zero-order valence-electron chi connectivity index (χ0n) is 16.1. The molecule has 0 aromatic heterocycles. The van der Waals surface area contributed by atoms with E-state index < -0.39 is 34.5 Å². The Hall–Kier alpha value is -2.58. The first-order chi connectivity index (χ1) is 13.0. The van der Waals surface area contributed by atoms with Gasteiger partial charge in [-0.15, -0.1) is 0 Å². The Balaban J connectivity index is 2.02. The van der Waals surface area contributed by atoms with Crippen LogP contribution in [0, 0.1) is 19.7 Å². The predicted octanol–water partition coefficient (Wildman–Crippen LogP) is 2.88. The zero-order chi connectivity index (χ0) is 21.1. The molecule has 0 spiro atoms. The van der Waals surface area contributed by atoms with E-state index in [9.17, 15) is 22.4 Å². The van der Waals surface area contributed by atoms with E-state index in [1.54, 1.807) is 18.2 Å². The largest absolute Gasteiger partial charge is 0.453 e. The number of halogens is 1. The van der Waals surface area contributed by atoms with Crippen molar-refractivity contribution in [3.05, 3.63) is 65.0 Å². The average molecular weight is 407 g/mol. The highest BCUT2D eigenvalue weighted by atomic mass is 32.2. The third-order valence-electron chi connectivity index (χ3n) is 4.34. The Morgan fingerprint density at radius 2 is 1.68 bits per heavy atom. The van der Waals surface area contributed by atoms with E-state index in [0.717, 1.165) is 39.7 Å². The molecule has 0 bridgehead atoms. The number of rotatable bonds is 7. The monoisotopic (exact) mass is 407 g/mol. The van der Waals surface area contributed by atoms with Crippen LogP contribution in [0.2, 0.25) is 0 Å². The molecular weight excluding hydrogens is 385 g/mol. The topological polar surface area (TPSA) is 80.8 Å². The van der Waals surface area contributed by atoms with Gasteiger partial charge in [0.05, 0.1) is 4.90 Å². The second-order valence-corrected chi connectivity index (χ2v) is 8.56. The summed E-state index contributed by atoms with van der Waals surface area (Å²) in [6.07, 6.45) is -1.06. The van der Waals surface area contributed by atoms with Gasteiger partial charge >= 0.3 is 5.97 Å². The Labute approximate surface area is 164 Å². The van der Waals surface area contributed by atoms with E-state index in [4.69, 9.17) is 4.74 Å². The van der Waals surface area contributed by atoms with Gasteiger partial charge in [-0.1, -0.05) is 12.1 Å². The van der Waals surface area contributed by atoms with Crippen molar-refractivity contribution in [1.29, 1.82) is 0 Å². The molecule has 0 unspecified atom stereocenters. The first kappa shape index (κ1) is 21.7. The van der Waals surface area contributed by atoms with E-state index in [-0.39, 0.29) is 10.7 Å². The minimum atomic E-state index is -3.99. The van der Waals surface area contributed by atoms with Crippen molar-refractivity contribution in [2.24, 2.45) is 0 Å². The lowest BCUT2D eigenvalue weighted by Gasteiger charge is -2.18. The molecule has 2 aromatic carbocycles. The van der Waals surface area contributed by atoms with Gasteiger partial charge in [-0.05, 0) is 62.2 Å². The molecule has 28 heavy (non-hydrogen) atoms. The molecule has 8 heteroatoms. The number of esters is 1. The highest BCUT2D eigenvalue weighted by molar-refractivity contribution is 7.89. The van der Waals surface area contributed by atoms with Gasteiger partial charge in [0.25, 0.3) is 0 Å². The van der Waals surface area contributed by atoms with Gasteiger partial charge in [0.1, 0.15) is 12.4 Å². The number of nitrogens with zero attached hydrogens (tertiary/aromatic N) is 1. The number of carbonyl (C=O) groups is 2. The smallest absolute Gasteiger partial charge is 0.322 e. The lowest BCUT2D eigenvalue weighted by molar-refractivity contribution is -0.146. The molecule has 0 aliphatic carbocycles. The number of hydrogen-bond donors (Lipinski definition) is 0. The lowest BCUT2D eigenvalue weighted by atomic mass is 10.0. The van der Waals surface area contributed by atoms with E-state index in [0.29, 0.717) is 5.56 Å². The molecule has 0 saturated carbocycles. The Bertz CT molecular complexity index is 986. The van der Waals surface area contributed by atoms with Gasteiger partial charge < -0.3 is 4.74 Å². The van der Waals surface area contributed by atoms with Crippen molar-refractivity contribution in [2.45, 2.75) is 31.8 Å². The van der Waals surface area contributed by atoms with E-state index in [1.807, 2.05) is 13.8 Å². The van der Waals surface area contributed by atoms with Crippen LogP contribution < -0.4 is 0 Å². The minimum Gasteiger partial charge on any atom is -0.453 e. The van der Waals surface area contributed by atoms with Crippen LogP contribution in [0.1, 0.15) is 28.4 Å². The summed E-state index contributed by atoms with van der Waals surface area (Å²) < 4.78 is 43.7. The first-order valence-corrected chi connectivity index (χ1v) is 9.99. The molecule has 1 atom stereocenters. The van der Waals surface area contributed by atoms with Crippen LogP contribution in [0.4, 0.5) is 4.39 Å². The minimum absolute atomic E-state index is 0.150. The normalized spacial score (nSPS) is 12.6. The van der Waals surface area contributed by atoms with Crippen molar-refractivity contribution in [3.63, 3.8) is 0 Å². The molecule has 0 fully saturated rings. The number of Topliss-reactive ketones (excluding diaryl/α,β-unsaturated/α-hetero) is 1. The van der Waals surface area contributed by atoms with Gasteiger partial charge in [0.15, 0.2) is 6.10 Å². The van der Waals surface area contributed by atoms with Gasteiger partial charge in [-0.2, -0.15) is 4.31 Å². The molecule has 0 radical (unpaired) electrons. The Morgan fingerprint density at radius 3 is 2.25 bits per heavy atom. The number of ketones is 1. The number of benzene rings is 2. The standard InChI is InChI=1S/C20H22FNO5S/c1-13-5-6-16(11-14(13)2)20(24)15(3)27-19(23)12-22(4)28(25,26)18-9-7-17(21)8-10-18/h5-11,15H,12H2,1-4H3/t15-/m1/s1. The van der Waals surface area contributed by atoms with Crippen LogP contribution in [-0.2, 0) is 19.6 Å². The maximum absolute atomic E-state index is 13.0. The summed E-state index contributed by atoms with van der Waals surface area (Å²) in [5.41, 5.74) is 2.39. The van der Waals surface area contributed by atoms with Crippen LogP contribution in [0.15, 0.2) is 47.4 Å². The molecule has 0 saturated heterocycles. The predicted molar refractivity (Wildman–Crippen MR) is 102 cm³/mol. The van der Waals surface area contributed by atoms with Crippen LogP contribution in [-0.4, -0.2) is 44.2 Å². The average Bonchev–Trinajstić information content (AvgIpc) is 2.63. The number of likely N-dealkylation sites (N-methyl/N-ethyl adjacent to an activating group) is 1. The first-order valence-electron chi connectivity index (χ1n) is 8.55. The lowest BCUT2D eigenvalue weighted by Crippen LogP contribution is -2.35. The second kappa shape index (κ2) is 8.62. The molecular formula is C20H22FNO5S. The third kappa shape index (κ3) is 5.02. The zero-order valence-corrected chi connectivity index (χ0v) is 16.9. The summed E-state index contributed by atoms with van der Waals surface area (Å²) in [6, 6.07) is 9.43. The van der Waals surface area contributed by atoms with Crippen molar-refractivity contribution >= 4 is 21.8 Å². The molecule has 0 heterocycles. The quantitative estimate of drug-likeness (QED) is 0.521. The molecule has 150 valence electrons. The Morgan fingerprint density at radius 1 is 1.07 bits per heavy atom. The van der Waals surface area contributed by atoms with Crippen molar-refractivity contribution in [1.82, 2.24) is 4.31 Å². The number of sulfonamides is 1. The number of aryl methyl sites for hydroxylation is 2. The number of hydrogen-bond acceptors (Lipinski definition) is 5. The number of ether oxygens (including phenoxy) is 1. The molecule has 0 amide bonds. The summed E-state index contributed by atoms with van der Waals surface area (Å²) in [6.45, 7) is 4.65. The van der Waals surface area contributed by atoms with E-state index in [1.165, 1.54) is 14.0 Å². The van der Waals surface area contributed by atoms with Crippen molar-refractivity contribution in [3.8, 4) is 0 Å². The molecule has 6 nitrogen and oxygen atoms in total. The molecule has 0 aliphatic heterocycles. The van der Waals surface area contributed by atoms with Crippen LogP contribution in [0.5, 0.6) is 0 Å². The van der Waals surface area contributed by atoms with Gasteiger partial charge in [0.2, 0.25) is 15.8 Å². The summed E-state index contributed by atoms with van der Waals surface area (Å²) >= 11 is 0. The second-order valence-electron chi connectivity index (χ2n) is 6.51.